The van der Waals surface area contributed by atoms with E-state index in [9.17, 15) is 5.11 Å². The molecule has 0 bridgehead atoms. The Bertz CT molecular complexity index is 523. The zero-order valence-electron chi connectivity index (χ0n) is 11.0. The van der Waals surface area contributed by atoms with Crippen molar-refractivity contribution >= 4 is 11.3 Å². The number of rotatable bonds is 4. The minimum Gasteiger partial charge on any atom is -0.388 e. The molecule has 0 amide bonds. The second-order valence-corrected chi connectivity index (χ2v) is 6.11. The maximum Gasteiger partial charge on any atom is 0.0802 e. The van der Waals surface area contributed by atoms with Gasteiger partial charge in [0.1, 0.15) is 0 Å². The molecule has 0 aliphatic carbocycles. The topological polar surface area (TPSA) is 23.5 Å². The first-order valence-corrected chi connectivity index (χ1v) is 7.71. The fourth-order valence-electron chi connectivity index (χ4n) is 2.64. The van der Waals surface area contributed by atoms with Crippen molar-refractivity contribution in [3.63, 3.8) is 0 Å². The van der Waals surface area contributed by atoms with Gasteiger partial charge < -0.3 is 5.11 Å². The number of thiophene rings is 1. The van der Waals surface area contributed by atoms with Crippen LogP contribution in [0.4, 0.5) is 0 Å². The van der Waals surface area contributed by atoms with Crippen molar-refractivity contribution in [1.82, 2.24) is 4.90 Å². The molecule has 1 aliphatic heterocycles. The largest absolute Gasteiger partial charge is 0.388 e. The van der Waals surface area contributed by atoms with E-state index in [0.29, 0.717) is 0 Å². The fraction of sp³-hybridized carbons (Fsp3) is 0.375. The summed E-state index contributed by atoms with van der Waals surface area (Å²) in [6.07, 6.45) is 1.63. The molecule has 2 aromatic rings. The van der Waals surface area contributed by atoms with E-state index in [1.165, 1.54) is 5.56 Å². The van der Waals surface area contributed by atoms with Crippen LogP contribution in [0, 0.1) is 0 Å². The molecule has 19 heavy (non-hydrogen) atoms. The van der Waals surface area contributed by atoms with Crippen molar-refractivity contribution in [3.8, 4) is 0 Å². The summed E-state index contributed by atoms with van der Waals surface area (Å²) in [5.74, 6) is 0. The minimum atomic E-state index is -0.343. The first kappa shape index (κ1) is 12.9. The van der Waals surface area contributed by atoms with Gasteiger partial charge >= 0.3 is 0 Å². The van der Waals surface area contributed by atoms with E-state index in [2.05, 4.69) is 16.3 Å². The summed E-state index contributed by atoms with van der Waals surface area (Å²) in [6.45, 7) is 3.13. The van der Waals surface area contributed by atoms with E-state index in [1.807, 2.05) is 41.7 Å². The molecule has 3 heteroatoms. The third kappa shape index (κ3) is 3.06. The van der Waals surface area contributed by atoms with Crippen LogP contribution in [0.5, 0.6) is 0 Å². The number of benzene rings is 1. The lowest BCUT2D eigenvalue weighted by Crippen LogP contribution is -2.31. The third-order valence-corrected chi connectivity index (χ3v) is 4.81. The zero-order chi connectivity index (χ0) is 13.1. The van der Waals surface area contributed by atoms with Crippen LogP contribution in [-0.2, 0) is 13.0 Å². The second kappa shape index (κ2) is 5.87. The van der Waals surface area contributed by atoms with E-state index in [-0.39, 0.29) is 6.10 Å². The van der Waals surface area contributed by atoms with Crippen LogP contribution in [-0.4, -0.2) is 23.1 Å². The number of aliphatic hydroxyl groups excluding tert-OH is 1. The van der Waals surface area contributed by atoms with E-state index in [1.54, 1.807) is 4.88 Å². The quantitative estimate of drug-likeness (QED) is 0.924. The summed E-state index contributed by atoms with van der Waals surface area (Å²) in [6, 6.07) is 12.2. The predicted octanol–water partition coefficient (Wildman–Crippen LogP) is 3.23. The van der Waals surface area contributed by atoms with Gasteiger partial charge in [0.25, 0.3) is 0 Å². The maximum absolute atomic E-state index is 10.2. The van der Waals surface area contributed by atoms with Crippen molar-refractivity contribution in [2.75, 3.05) is 13.1 Å². The number of fused-ring (bicyclic) bond motifs is 1. The van der Waals surface area contributed by atoms with Gasteiger partial charge in [-0.1, -0.05) is 30.3 Å². The smallest absolute Gasteiger partial charge is 0.0802 e. The van der Waals surface area contributed by atoms with Crippen LogP contribution in [0.25, 0.3) is 0 Å². The van der Waals surface area contributed by atoms with Crippen LogP contribution in [0.15, 0.2) is 41.8 Å². The normalized spacial score (nSPS) is 17.1. The van der Waals surface area contributed by atoms with Gasteiger partial charge in [-0.2, -0.15) is 0 Å². The summed E-state index contributed by atoms with van der Waals surface area (Å²) >= 11 is 1.87. The lowest BCUT2D eigenvalue weighted by Gasteiger charge is -2.27. The maximum atomic E-state index is 10.2. The van der Waals surface area contributed by atoms with Gasteiger partial charge in [-0.05, 0) is 35.4 Å². The molecule has 0 radical (unpaired) electrons. The highest BCUT2D eigenvalue weighted by Gasteiger charge is 2.18. The second-order valence-electron chi connectivity index (χ2n) is 5.11. The first-order chi connectivity index (χ1) is 9.33. The highest BCUT2D eigenvalue weighted by molar-refractivity contribution is 7.10. The highest BCUT2D eigenvalue weighted by Crippen LogP contribution is 2.25. The summed E-state index contributed by atoms with van der Waals surface area (Å²) in [7, 11) is 0. The molecule has 1 aromatic carbocycles. The lowest BCUT2D eigenvalue weighted by atomic mass is 10.1. The Morgan fingerprint density at radius 2 is 2.05 bits per heavy atom. The molecule has 0 saturated carbocycles. The molecule has 3 rings (SSSR count). The molecule has 0 fully saturated rings. The molecule has 1 N–H and O–H groups in total. The average molecular weight is 273 g/mol. The summed E-state index contributed by atoms with van der Waals surface area (Å²) in [4.78, 5) is 3.99. The van der Waals surface area contributed by atoms with Crippen LogP contribution < -0.4 is 0 Å². The highest BCUT2D eigenvalue weighted by atomic mass is 32.1. The van der Waals surface area contributed by atoms with Gasteiger partial charge in [-0.15, -0.1) is 11.3 Å². The Morgan fingerprint density at radius 3 is 2.89 bits per heavy atom. The molecule has 0 saturated heterocycles. The third-order valence-electron chi connectivity index (χ3n) is 3.79. The number of nitrogens with zero attached hydrogens (tertiary/aromatic N) is 1. The Morgan fingerprint density at radius 1 is 1.21 bits per heavy atom. The van der Waals surface area contributed by atoms with E-state index in [4.69, 9.17) is 0 Å². The minimum absolute atomic E-state index is 0.343. The van der Waals surface area contributed by atoms with E-state index < -0.39 is 0 Å². The molecule has 2 heterocycles. The number of hydrogen-bond donors (Lipinski definition) is 1. The number of hydrogen-bond acceptors (Lipinski definition) is 3. The summed E-state index contributed by atoms with van der Waals surface area (Å²) < 4.78 is 0. The van der Waals surface area contributed by atoms with Crippen LogP contribution in [0.3, 0.4) is 0 Å². The van der Waals surface area contributed by atoms with Gasteiger partial charge in [0.05, 0.1) is 6.10 Å². The van der Waals surface area contributed by atoms with Gasteiger partial charge in [-0.3, -0.25) is 4.90 Å². The van der Waals surface area contributed by atoms with Crippen molar-refractivity contribution in [3.05, 3.63) is 57.8 Å². The molecule has 1 aliphatic rings. The molecular formula is C16H19NOS. The average Bonchev–Trinajstić information content (AvgIpc) is 2.93. The molecule has 2 nitrogen and oxygen atoms in total. The molecule has 1 aromatic heterocycles. The van der Waals surface area contributed by atoms with Gasteiger partial charge in [0.15, 0.2) is 0 Å². The van der Waals surface area contributed by atoms with Gasteiger partial charge in [-0.25, -0.2) is 0 Å². The molecule has 0 spiro atoms. The van der Waals surface area contributed by atoms with E-state index >= 15 is 0 Å². The van der Waals surface area contributed by atoms with Crippen molar-refractivity contribution in [2.45, 2.75) is 25.5 Å². The van der Waals surface area contributed by atoms with Crippen LogP contribution in [0.1, 0.15) is 28.5 Å². The predicted molar refractivity (Wildman–Crippen MR) is 79.3 cm³/mol. The van der Waals surface area contributed by atoms with Gasteiger partial charge in [0, 0.05) is 24.5 Å². The Kier molecular flexibility index (Phi) is 3.97. The Labute approximate surface area is 118 Å². The molecule has 100 valence electrons. The summed E-state index contributed by atoms with van der Waals surface area (Å²) in [5.41, 5.74) is 2.50. The summed E-state index contributed by atoms with van der Waals surface area (Å²) in [5, 5.41) is 12.4. The van der Waals surface area contributed by atoms with Crippen LogP contribution >= 0.6 is 11.3 Å². The Balaban J connectivity index is 1.54. The Hall–Kier alpha value is -1.16. The molecule has 1 atom stereocenters. The van der Waals surface area contributed by atoms with Crippen LogP contribution in [0.2, 0.25) is 0 Å². The first-order valence-electron chi connectivity index (χ1n) is 6.83. The van der Waals surface area contributed by atoms with Crippen molar-refractivity contribution in [2.24, 2.45) is 0 Å². The van der Waals surface area contributed by atoms with Crippen molar-refractivity contribution < 1.29 is 5.11 Å². The molecular weight excluding hydrogens is 254 g/mol. The standard InChI is InChI=1S/C16H19NOS/c18-15(13-4-2-1-3-5-13)6-9-17-10-7-16-14(12-17)8-11-19-16/h1-5,8,11,15,18H,6-7,9-10,12H2. The van der Waals surface area contributed by atoms with Crippen molar-refractivity contribution in [1.29, 1.82) is 0 Å². The zero-order valence-corrected chi connectivity index (χ0v) is 11.8. The SMILES string of the molecule is OC(CCN1CCc2sccc2C1)c1ccccc1. The van der Waals surface area contributed by atoms with E-state index in [0.717, 1.165) is 38.0 Å². The number of aliphatic hydroxyl groups is 1. The fourth-order valence-corrected chi connectivity index (χ4v) is 3.53. The monoisotopic (exact) mass is 273 g/mol. The lowest BCUT2D eigenvalue weighted by molar-refractivity contribution is 0.138. The van der Waals surface area contributed by atoms with Gasteiger partial charge in [0.2, 0.25) is 0 Å². The molecule has 1 unspecified atom stereocenters.